The minimum Gasteiger partial charge on any atom is -0.345 e. The van der Waals surface area contributed by atoms with Gasteiger partial charge in [-0.15, -0.1) is 0 Å². The number of nitrogens with one attached hydrogen (secondary N) is 4. The first-order valence-corrected chi connectivity index (χ1v) is 11.0. The lowest BCUT2D eigenvalue weighted by molar-refractivity contribution is -0.111. The van der Waals surface area contributed by atoms with Gasteiger partial charge in [0, 0.05) is 52.5 Å². The molecule has 33 heavy (non-hydrogen) atoms. The quantitative estimate of drug-likeness (QED) is 0.306. The molecule has 7 nitrogen and oxygen atoms in total. The second-order valence-electron chi connectivity index (χ2n) is 7.14. The molecule has 0 fully saturated rings. The van der Waals surface area contributed by atoms with Crippen molar-refractivity contribution in [1.82, 2.24) is 20.6 Å². The molecule has 8 heteroatoms. The average molecular weight is 502 g/mol. The summed E-state index contributed by atoms with van der Waals surface area (Å²) in [5.74, 6) is 5.00. The fourth-order valence-corrected chi connectivity index (χ4v) is 3.78. The number of hydrogen-bond donors (Lipinski definition) is 4. The molecule has 0 unspecified atom stereocenters. The summed E-state index contributed by atoms with van der Waals surface area (Å²) >= 11 is 3.49. The van der Waals surface area contributed by atoms with Gasteiger partial charge in [-0.1, -0.05) is 36.3 Å². The van der Waals surface area contributed by atoms with E-state index in [1.165, 1.54) is 0 Å². The maximum atomic E-state index is 12.3. The molecule has 0 spiro atoms. The summed E-state index contributed by atoms with van der Waals surface area (Å²) in [7, 11) is 0. The van der Waals surface area contributed by atoms with Crippen LogP contribution in [-0.2, 0) is 17.9 Å². The number of H-pyrrole nitrogens is 1. The summed E-state index contributed by atoms with van der Waals surface area (Å²) in [4.78, 5) is 31.7. The summed E-state index contributed by atoms with van der Waals surface area (Å²) in [6, 6.07) is 18.1. The fourth-order valence-electron chi connectivity index (χ4n) is 3.22. The van der Waals surface area contributed by atoms with Crippen molar-refractivity contribution in [1.29, 1.82) is 0 Å². The monoisotopic (exact) mass is 501 g/mol. The van der Waals surface area contributed by atoms with Crippen LogP contribution in [0, 0.1) is 11.8 Å². The molecule has 0 atom stereocenters. The van der Waals surface area contributed by atoms with E-state index < -0.39 is 5.91 Å². The molecule has 0 saturated carbocycles. The normalized spacial score (nSPS) is 10.2. The van der Waals surface area contributed by atoms with E-state index in [9.17, 15) is 9.59 Å². The van der Waals surface area contributed by atoms with E-state index in [2.05, 4.69) is 53.7 Å². The summed E-state index contributed by atoms with van der Waals surface area (Å²) in [6.45, 7) is 0.669. The van der Waals surface area contributed by atoms with Crippen LogP contribution in [0.5, 0.6) is 0 Å². The Morgan fingerprint density at radius 2 is 1.82 bits per heavy atom. The van der Waals surface area contributed by atoms with Crippen LogP contribution >= 0.6 is 15.9 Å². The molecule has 0 aliphatic rings. The Kier molecular flexibility index (Phi) is 7.03. The van der Waals surface area contributed by atoms with E-state index in [1.54, 1.807) is 18.3 Å². The van der Waals surface area contributed by atoms with Crippen LogP contribution < -0.4 is 16.0 Å². The minimum atomic E-state index is -0.402. The van der Waals surface area contributed by atoms with Crippen LogP contribution in [0.3, 0.4) is 0 Å². The first-order valence-electron chi connectivity index (χ1n) is 10.2. The molecule has 0 aliphatic carbocycles. The van der Waals surface area contributed by atoms with Gasteiger partial charge in [-0.05, 0) is 57.4 Å². The van der Waals surface area contributed by atoms with E-state index in [-0.39, 0.29) is 6.03 Å². The zero-order chi connectivity index (χ0) is 23.0. The number of halogens is 1. The molecule has 0 aliphatic heterocycles. The molecule has 0 radical (unpaired) electrons. The van der Waals surface area contributed by atoms with Crippen LogP contribution in [-0.4, -0.2) is 21.9 Å². The number of benzene rings is 2. The molecule has 3 amide bonds. The van der Waals surface area contributed by atoms with Crippen LogP contribution in [0.2, 0.25) is 0 Å². The van der Waals surface area contributed by atoms with Crippen LogP contribution in [0.25, 0.3) is 11.0 Å². The summed E-state index contributed by atoms with van der Waals surface area (Å²) < 4.78 is 0.898. The smallest absolute Gasteiger partial charge is 0.315 e. The highest BCUT2D eigenvalue weighted by Crippen LogP contribution is 2.25. The number of aromatic nitrogens is 2. The second-order valence-corrected chi connectivity index (χ2v) is 7.99. The maximum absolute atomic E-state index is 12.3. The van der Waals surface area contributed by atoms with E-state index in [0.717, 1.165) is 32.2 Å². The highest BCUT2D eigenvalue weighted by molar-refractivity contribution is 9.10. The van der Waals surface area contributed by atoms with Gasteiger partial charge in [0.25, 0.3) is 0 Å². The molecular formula is C25H20BrN5O2. The predicted octanol–water partition coefficient (Wildman–Crippen LogP) is 4.32. The number of rotatable bonds is 5. The molecule has 2 heterocycles. The first kappa shape index (κ1) is 22.1. The zero-order valence-electron chi connectivity index (χ0n) is 17.5. The first-order chi connectivity index (χ1) is 16.1. The third-order valence-corrected chi connectivity index (χ3v) is 5.41. The number of anilines is 1. The largest absolute Gasteiger partial charge is 0.345 e. The van der Waals surface area contributed by atoms with Crippen molar-refractivity contribution in [3.8, 4) is 11.8 Å². The van der Waals surface area contributed by atoms with Crippen molar-refractivity contribution in [3.63, 3.8) is 0 Å². The second kappa shape index (κ2) is 10.5. The Morgan fingerprint density at radius 1 is 1.00 bits per heavy atom. The third-order valence-electron chi connectivity index (χ3n) is 4.78. The molecule has 4 N–H and O–H groups in total. The number of amides is 3. The van der Waals surface area contributed by atoms with Crippen molar-refractivity contribution >= 4 is 44.6 Å². The number of aromatic amines is 1. The lowest BCUT2D eigenvalue weighted by Gasteiger charge is -2.10. The van der Waals surface area contributed by atoms with Gasteiger partial charge in [0.05, 0.1) is 0 Å². The zero-order valence-corrected chi connectivity index (χ0v) is 19.1. The van der Waals surface area contributed by atoms with Gasteiger partial charge in [0.1, 0.15) is 5.65 Å². The third kappa shape index (κ3) is 5.99. The van der Waals surface area contributed by atoms with E-state index in [0.29, 0.717) is 18.8 Å². The van der Waals surface area contributed by atoms with Crippen LogP contribution in [0.1, 0.15) is 16.7 Å². The van der Waals surface area contributed by atoms with Gasteiger partial charge in [0.15, 0.2) is 0 Å². The topological polar surface area (TPSA) is 98.9 Å². The molecule has 0 bridgehead atoms. The van der Waals surface area contributed by atoms with Gasteiger partial charge in [-0.25, -0.2) is 9.78 Å². The molecule has 164 valence electrons. The van der Waals surface area contributed by atoms with Crippen molar-refractivity contribution in [2.45, 2.75) is 13.1 Å². The molecule has 4 aromatic rings. The predicted molar refractivity (Wildman–Crippen MR) is 131 cm³/mol. The van der Waals surface area contributed by atoms with Crippen LogP contribution in [0.4, 0.5) is 10.5 Å². The summed E-state index contributed by atoms with van der Waals surface area (Å²) in [5, 5.41) is 9.38. The number of fused-ring (bicyclic) bond motifs is 1. The number of pyridine rings is 1. The lowest BCUT2D eigenvalue weighted by Crippen LogP contribution is -2.34. The highest BCUT2D eigenvalue weighted by atomic mass is 79.9. The number of hydrogen-bond acceptors (Lipinski definition) is 3. The number of nitrogens with zero attached hydrogens (tertiary/aromatic N) is 1. The Bertz CT molecular complexity index is 1360. The highest BCUT2D eigenvalue weighted by Gasteiger charge is 2.09. The fraction of sp³-hybridized carbons (Fsp3) is 0.0800. The number of carbonyl (C=O) groups is 2. The van der Waals surface area contributed by atoms with E-state index in [4.69, 9.17) is 0 Å². The van der Waals surface area contributed by atoms with Gasteiger partial charge in [-0.3, -0.25) is 4.79 Å². The van der Waals surface area contributed by atoms with Crippen molar-refractivity contribution in [2.75, 3.05) is 5.32 Å². The van der Waals surface area contributed by atoms with Gasteiger partial charge in [-0.2, -0.15) is 0 Å². The number of urea groups is 1. The van der Waals surface area contributed by atoms with Gasteiger partial charge >= 0.3 is 11.9 Å². The Morgan fingerprint density at radius 3 is 2.67 bits per heavy atom. The summed E-state index contributed by atoms with van der Waals surface area (Å²) in [5.41, 5.74) is 3.93. The van der Waals surface area contributed by atoms with Gasteiger partial charge < -0.3 is 20.9 Å². The van der Waals surface area contributed by atoms with Gasteiger partial charge in [0.2, 0.25) is 0 Å². The van der Waals surface area contributed by atoms with Crippen molar-refractivity contribution in [3.05, 3.63) is 94.2 Å². The SMILES string of the molecule is O=C(C#Cc1ccccc1)Nc1cccc(CNC(=O)NCc2ccnc3[nH]cc(Br)c23)c1. The Hall–Kier alpha value is -4.09. The molecule has 2 aromatic heterocycles. The molecule has 0 saturated heterocycles. The maximum Gasteiger partial charge on any atom is 0.315 e. The van der Waals surface area contributed by atoms with Crippen molar-refractivity contribution in [2.24, 2.45) is 0 Å². The Labute approximate surface area is 199 Å². The molecule has 2 aromatic carbocycles. The lowest BCUT2D eigenvalue weighted by atomic mass is 10.2. The Balaban J connectivity index is 1.29. The van der Waals surface area contributed by atoms with E-state index >= 15 is 0 Å². The average Bonchev–Trinajstić information content (AvgIpc) is 3.22. The minimum absolute atomic E-state index is 0.296. The molecular weight excluding hydrogens is 482 g/mol. The van der Waals surface area contributed by atoms with Crippen LogP contribution in [0.15, 0.2) is 77.5 Å². The number of carbonyl (C=O) groups excluding carboxylic acids is 2. The van der Waals surface area contributed by atoms with E-state index in [1.807, 2.05) is 54.7 Å². The molecule has 4 rings (SSSR count). The standard InChI is InChI=1S/C25H20BrN5O2/c26-21-16-28-24-23(21)19(11-12-27-24)15-30-25(33)29-14-18-7-4-8-20(13-18)31-22(32)10-9-17-5-2-1-3-6-17/h1-8,11-13,16H,14-15H2,(H,27,28)(H,31,32)(H2,29,30,33). The van der Waals surface area contributed by atoms with Crippen molar-refractivity contribution < 1.29 is 9.59 Å². The summed E-state index contributed by atoms with van der Waals surface area (Å²) in [6.07, 6.45) is 3.52.